The number of hydrogen-bond acceptors (Lipinski definition) is 6. The minimum absolute atomic E-state index is 0.0143. The third kappa shape index (κ3) is 6.18. The maximum Gasteiger partial charge on any atom is 0.256 e. The van der Waals surface area contributed by atoms with Crippen molar-refractivity contribution in [3.63, 3.8) is 0 Å². The second-order valence-corrected chi connectivity index (χ2v) is 10.8. The predicted octanol–water partition coefficient (Wildman–Crippen LogP) is 4.17. The fraction of sp³-hybridized carbons (Fsp3) is 0.571. The van der Waals surface area contributed by atoms with Crippen LogP contribution >= 0.6 is 0 Å². The quantitative estimate of drug-likeness (QED) is 0.569. The Hall–Kier alpha value is -2.98. The average molecular weight is 473 g/mol. The summed E-state index contributed by atoms with van der Waals surface area (Å²) in [5.41, 5.74) is 2.28. The molecule has 1 aromatic heterocycles. The van der Waals surface area contributed by atoms with Crippen LogP contribution < -0.4 is 10.6 Å². The Morgan fingerprint density at radius 3 is 2.57 bits per heavy atom. The summed E-state index contributed by atoms with van der Waals surface area (Å²) in [6.45, 7) is 3.76. The molecule has 1 amide bonds. The molecule has 2 aromatic rings. The Morgan fingerprint density at radius 2 is 1.89 bits per heavy atom. The zero-order chi connectivity index (χ0) is 24.1. The van der Waals surface area contributed by atoms with Gasteiger partial charge in [0.05, 0.1) is 0 Å². The number of nitrogens with zero attached hydrogens (tertiary/aromatic N) is 4. The van der Waals surface area contributed by atoms with Gasteiger partial charge in [0, 0.05) is 25.3 Å². The van der Waals surface area contributed by atoms with E-state index in [1.807, 2.05) is 24.3 Å². The number of likely N-dealkylation sites (tertiary alicyclic amines) is 1. The minimum Gasteiger partial charge on any atom is -0.369 e. The molecule has 2 heterocycles. The molecule has 0 bridgehead atoms. The highest BCUT2D eigenvalue weighted by Crippen LogP contribution is 2.57. The highest BCUT2D eigenvalue weighted by atomic mass is 16.1. The van der Waals surface area contributed by atoms with Crippen molar-refractivity contribution in [1.29, 1.82) is 5.26 Å². The summed E-state index contributed by atoms with van der Waals surface area (Å²) < 4.78 is 0. The van der Waals surface area contributed by atoms with E-state index in [2.05, 4.69) is 37.6 Å². The predicted molar refractivity (Wildman–Crippen MR) is 136 cm³/mol. The molecule has 35 heavy (non-hydrogen) atoms. The summed E-state index contributed by atoms with van der Waals surface area (Å²) in [5.74, 6) is 0.958. The van der Waals surface area contributed by atoms with Gasteiger partial charge >= 0.3 is 0 Å². The van der Waals surface area contributed by atoms with Gasteiger partial charge in [-0.25, -0.2) is 9.97 Å². The normalized spacial score (nSPS) is 20.3. The Balaban J connectivity index is 1.27. The van der Waals surface area contributed by atoms with Crippen molar-refractivity contribution in [3.05, 3.63) is 53.5 Å². The van der Waals surface area contributed by atoms with Crippen LogP contribution in [0, 0.1) is 22.7 Å². The number of amides is 1. The molecular formula is C28H36N6O. The molecule has 2 aliphatic carbocycles. The lowest BCUT2D eigenvalue weighted by molar-refractivity contribution is 0.0927. The molecule has 5 rings (SSSR count). The van der Waals surface area contributed by atoms with Crippen molar-refractivity contribution in [1.82, 2.24) is 20.2 Å². The summed E-state index contributed by atoms with van der Waals surface area (Å²) in [5, 5.41) is 16.0. The van der Waals surface area contributed by atoms with Crippen molar-refractivity contribution in [2.45, 2.75) is 63.8 Å². The number of hydrogen-bond donors (Lipinski definition) is 2. The molecule has 2 saturated carbocycles. The average Bonchev–Trinajstić information content (AvgIpc) is 3.44. The van der Waals surface area contributed by atoms with Gasteiger partial charge in [0.25, 0.3) is 5.91 Å². The first-order chi connectivity index (χ1) is 17.1. The summed E-state index contributed by atoms with van der Waals surface area (Å²) in [6.07, 6.45) is 12.6. The van der Waals surface area contributed by atoms with Crippen molar-refractivity contribution >= 4 is 11.7 Å². The van der Waals surface area contributed by atoms with Gasteiger partial charge in [-0.2, -0.15) is 5.26 Å². The highest BCUT2D eigenvalue weighted by Gasteiger charge is 2.44. The number of carbonyl (C=O) groups is 1. The van der Waals surface area contributed by atoms with Gasteiger partial charge in [-0.15, -0.1) is 0 Å². The summed E-state index contributed by atoms with van der Waals surface area (Å²) >= 11 is 0. The van der Waals surface area contributed by atoms with E-state index >= 15 is 0 Å². The van der Waals surface area contributed by atoms with Crippen LogP contribution in [0.5, 0.6) is 0 Å². The van der Waals surface area contributed by atoms with Crippen molar-refractivity contribution in [2.24, 2.45) is 11.3 Å². The molecule has 184 valence electrons. The molecule has 3 aliphatic rings. The van der Waals surface area contributed by atoms with Crippen LogP contribution in [0.25, 0.3) is 0 Å². The van der Waals surface area contributed by atoms with Gasteiger partial charge in [0.15, 0.2) is 0 Å². The van der Waals surface area contributed by atoms with Gasteiger partial charge in [-0.05, 0) is 87.8 Å². The number of benzene rings is 1. The maximum atomic E-state index is 13.5. The van der Waals surface area contributed by atoms with E-state index in [1.54, 1.807) is 0 Å². The number of aromatic nitrogens is 2. The number of nitrogens with one attached hydrogen (secondary N) is 2. The number of nitriles is 1. The first kappa shape index (κ1) is 23.7. The topological polar surface area (TPSA) is 93.9 Å². The largest absolute Gasteiger partial charge is 0.369 e. The first-order valence-electron chi connectivity index (χ1n) is 13.2. The van der Waals surface area contributed by atoms with E-state index in [1.165, 1.54) is 63.1 Å². The molecule has 1 atom stereocenters. The zero-order valence-corrected chi connectivity index (χ0v) is 20.5. The molecule has 1 saturated heterocycles. The van der Waals surface area contributed by atoms with Gasteiger partial charge in [-0.3, -0.25) is 4.79 Å². The second kappa shape index (κ2) is 10.7. The highest BCUT2D eigenvalue weighted by molar-refractivity contribution is 5.98. The van der Waals surface area contributed by atoms with E-state index in [-0.39, 0.29) is 17.8 Å². The lowest BCUT2D eigenvalue weighted by Gasteiger charge is -2.29. The van der Waals surface area contributed by atoms with Crippen molar-refractivity contribution in [3.8, 4) is 6.07 Å². The molecule has 0 unspecified atom stereocenters. The van der Waals surface area contributed by atoms with Crippen LogP contribution in [-0.4, -0.2) is 53.0 Å². The second-order valence-electron chi connectivity index (χ2n) is 10.8. The molecule has 2 N–H and O–H groups in total. The van der Waals surface area contributed by atoms with Crippen molar-refractivity contribution < 1.29 is 4.79 Å². The van der Waals surface area contributed by atoms with Crippen LogP contribution in [0.2, 0.25) is 0 Å². The third-order valence-corrected chi connectivity index (χ3v) is 8.15. The van der Waals surface area contributed by atoms with Gasteiger partial charge in [0.1, 0.15) is 17.5 Å². The van der Waals surface area contributed by atoms with Gasteiger partial charge in [0.2, 0.25) is 5.82 Å². The van der Waals surface area contributed by atoms with Crippen LogP contribution in [0.1, 0.15) is 73.1 Å². The lowest BCUT2D eigenvalue weighted by atomic mass is 9.80. The SMILES string of the molecule is N#Cc1ncc(C(=O)N[C@@H](Cc2ccccc2)CN2CCCC2)c(NCC2CCC3(CC2)CC3)n1. The number of rotatable bonds is 9. The van der Waals surface area contributed by atoms with E-state index in [4.69, 9.17) is 0 Å². The minimum atomic E-state index is -0.183. The standard InChI is InChI=1S/C28H36N6O/c29-17-25-30-19-24(26(33-25)31-18-22-8-10-28(11-9-22)12-13-28)27(35)32-23(20-34-14-4-5-15-34)16-21-6-2-1-3-7-21/h1-3,6-7,19,22-23H,4-5,8-16,18,20H2,(H,32,35)(H,30,31,33)/t23-/m0/s1. The Kier molecular flexibility index (Phi) is 7.29. The van der Waals surface area contributed by atoms with Crippen LogP contribution in [-0.2, 0) is 6.42 Å². The van der Waals surface area contributed by atoms with Crippen LogP contribution in [0.15, 0.2) is 36.5 Å². The number of anilines is 1. The van der Waals surface area contributed by atoms with Crippen LogP contribution in [0.4, 0.5) is 5.82 Å². The fourth-order valence-corrected chi connectivity index (χ4v) is 5.75. The maximum absolute atomic E-state index is 13.5. The summed E-state index contributed by atoms with van der Waals surface area (Å²) in [7, 11) is 0. The monoisotopic (exact) mass is 472 g/mol. The van der Waals surface area contributed by atoms with E-state index in [9.17, 15) is 10.1 Å². The van der Waals surface area contributed by atoms with Crippen LogP contribution in [0.3, 0.4) is 0 Å². The Morgan fingerprint density at radius 1 is 1.14 bits per heavy atom. The Labute approximate surface area is 208 Å². The molecule has 7 heteroatoms. The van der Waals surface area contributed by atoms with E-state index < -0.39 is 0 Å². The fourth-order valence-electron chi connectivity index (χ4n) is 5.75. The first-order valence-corrected chi connectivity index (χ1v) is 13.2. The van der Waals surface area contributed by atoms with E-state index in [0.717, 1.165) is 32.6 Å². The molecule has 0 radical (unpaired) electrons. The lowest BCUT2D eigenvalue weighted by Crippen LogP contribution is -2.44. The number of carbonyl (C=O) groups excluding carboxylic acids is 1. The smallest absolute Gasteiger partial charge is 0.256 e. The van der Waals surface area contributed by atoms with E-state index in [0.29, 0.717) is 22.7 Å². The zero-order valence-electron chi connectivity index (χ0n) is 20.5. The molecule has 3 fully saturated rings. The summed E-state index contributed by atoms with van der Waals surface area (Å²) in [4.78, 5) is 24.4. The Bertz CT molecular complexity index is 1040. The molecule has 7 nitrogen and oxygen atoms in total. The molecular weight excluding hydrogens is 436 g/mol. The van der Waals surface area contributed by atoms with Gasteiger partial charge in [-0.1, -0.05) is 30.3 Å². The third-order valence-electron chi connectivity index (χ3n) is 8.15. The van der Waals surface area contributed by atoms with Gasteiger partial charge < -0.3 is 15.5 Å². The van der Waals surface area contributed by atoms with Crippen molar-refractivity contribution in [2.75, 3.05) is 31.5 Å². The molecule has 1 aromatic carbocycles. The molecule has 1 aliphatic heterocycles. The summed E-state index contributed by atoms with van der Waals surface area (Å²) in [6, 6.07) is 12.3. The molecule has 1 spiro atoms.